The fourth-order valence-corrected chi connectivity index (χ4v) is 3.65. The Morgan fingerprint density at radius 3 is 2.48 bits per heavy atom. The zero-order valence-corrected chi connectivity index (χ0v) is 14.0. The third kappa shape index (κ3) is 3.72. The van der Waals surface area contributed by atoms with Gasteiger partial charge in [-0.3, -0.25) is 4.79 Å². The second-order valence-electron chi connectivity index (χ2n) is 6.47. The minimum absolute atomic E-state index is 0.0454. The molecule has 0 bridgehead atoms. The average Bonchev–Trinajstić information content (AvgIpc) is 2.56. The lowest BCUT2D eigenvalue weighted by molar-refractivity contribution is -0.118. The Morgan fingerprint density at radius 1 is 1.17 bits per heavy atom. The van der Waals surface area contributed by atoms with Gasteiger partial charge in [-0.1, -0.05) is 30.9 Å². The van der Waals surface area contributed by atoms with E-state index in [0.29, 0.717) is 48.4 Å². The minimum atomic E-state index is -0.0668. The first kappa shape index (κ1) is 16.4. The van der Waals surface area contributed by atoms with Gasteiger partial charge in [-0.25, -0.2) is 0 Å². The molecule has 1 heterocycles. The second-order valence-corrected chi connectivity index (χ2v) is 6.87. The third-order valence-electron chi connectivity index (χ3n) is 4.79. The fourth-order valence-electron chi connectivity index (χ4n) is 3.45. The van der Waals surface area contributed by atoms with Crippen LogP contribution >= 0.6 is 11.6 Å². The quantitative estimate of drug-likeness (QED) is 0.883. The molecule has 3 rings (SSSR count). The molecule has 0 unspecified atom stereocenters. The number of anilines is 1. The van der Waals surface area contributed by atoms with Crippen molar-refractivity contribution in [2.75, 3.05) is 25.1 Å². The number of halogens is 1. The molecule has 0 spiro atoms. The molecule has 126 valence electrons. The van der Waals surface area contributed by atoms with E-state index in [0.717, 1.165) is 25.7 Å². The number of ether oxygens (including phenoxy) is 2. The van der Waals surface area contributed by atoms with Crippen LogP contribution in [-0.2, 0) is 4.79 Å². The van der Waals surface area contributed by atoms with Crippen LogP contribution < -0.4 is 20.5 Å². The molecule has 3 N–H and O–H groups in total. The second kappa shape index (κ2) is 6.97. The van der Waals surface area contributed by atoms with Crippen LogP contribution in [0.25, 0.3) is 0 Å². The summed E-state index contributed by atoms with van der Waals surface area (Å²) in [5.41, 5.74) is 6.45. The Hall–Kier alpha value is -1.46. The fraction of sp³-hybridized carbons (Fsp3) is 0.588. The monoisotopic (exact) mass is 338 g/mol. The molecule has 1 saturated carbocycles. The molecule has 0 aromatic heterocycles. The van der Waals surface area contributed by atoms with Crippen LogP contribution in [0.5, 0.6) is 11.5 Å². The molecule has 23 heavy (non-hydrogen) atoms. The highest BCUT2D eigenvalue weighted by Gasteiger charge is 2.33. The van der Waals surface area contributed by atoms with Gasteiger partial charge in [-0.15, -0.1) is 0 Å². The molecule has 1 aliphatic heterocycles. The highest BCUT2D eigenvalue weighted by atomic mass is 35.5. The van der Waals surface area contributed by atoms with Crippen LogP contribution in [0, 0.1) is 5.41 Å². The molecule has 1 aromatic carbocycles. The normalized spacial score (nSPS) is 19.2. The number of carbonyl (C=O) groups is 1. The summed E-state index contributed by atoms with van der Waals surface area (Å²) in [5.74, 6) is 1.18. The number of hydrogen-bond donors (Lipinski definition) is 2. The number of nitrogens with two attached hydrogens (primary N) is 1. The maximum absolute atomic E-state index is 12.5. The van der Waals surface area contributed by atoms with E-state index in [1.54, 1.807) is 12.1 Å². The molecule has 6 heteroatoms. The lowest BCUT2D eigenvalue weighted by Gasteiger charge is -2.35. The molecule has 0 atom stereocenters. The molecular weight excluding hydrogens is 316 g/mol. The number of nitrogens with one attached hydrogen (secondary N) is 1. The standard InChI is InChI=1S/C17H23ClN2O3/c18-12-8-14-15(23-7-6-22-14)9-13(12)20-16(21)10-17(11-19)4-2-1-3-5-17/h8-9H,1-7,10-11,19H2,(H,20,21). The number of rotatable bonds is 4. The maximum Gasteiger partial charge on any atom is 0.225 e. The zero-order valence-electron chi connectivity index (χ0n) is 13.2. The molecule has 0 saturated heterocycles. The zero-order chi connectivity index (χ0) is 16.3. The summed E-state index contributed by atoms with van der Waals surface area (Å²) in [6.45, 7) is 1.56. The Morgan fingerprint density at radius 2 is 1.83 bits per heavy atom. The van der Waals surface area contributed by atoms with Crippen molar-refractivity contribution in [1.29, 1.82) is 0 Å². The van der Waals surface area contributed by atoms with Crippen molar-refractivity contribution in [3.8, 4) is 11.5 Å². The molecule has 2 aliphatic rings. The highest BCUT2D eigenvalue weighted by molar-refractivity contribution is 6.34. The third-order valence-corrected chi connectivity index (χ3v) is 5.10. The Balaban J connectivity index is 1.70. The smallest absolute Gasteiger partial charge is 0.225 e. The number of benzene rings is 1. The molecular formula is C17H23ClN2O3. The summed E-state index contributed by atoms with van der Waals surface area (Å²) in [7, 11) is 0. The molecule has 1 amide bonds. The SMILES string of the molecule is NCC1(CC(=O)Nc2cc3c(cc2Cl)OCCO3)CCCCC1. The maximum atomic E-state index is 12.5. The van der Waals surface area contributed by atoms with Crippen molar-refractivity contribution in [2.45, 2.75) is 38.5 Å². The molecule has 0 radical (unpaired) electrons. The van der Waals surface area contributed by atoms with Gasteiger partial charge in [0.2, 0.25) is 5.91 Å². The topological polar surface area (TPSA) is 73.6 Å². The lowest BCUT2D eigenvalue weighted by Crippen LogP contribution is -2.36. The first-order chi connectivity index (χ1) is 11.1. The van der Waals surface area contributed by atoms with Crippen molar-refractivity contribution in [3.05, 3.63) is 17.2 Å². The Kier molecular flexibility index (Phi) is 4.97. The van der Waals surface area contributed by atoms with E-state index in [1.165, 1.54) is 6.42 Å². The van der Waals surface area contributed by atoms with Gasteiger partial charge in [0, 0.05) is 18.6 Å². The van der Waals surface area contributed by atoms with Crippen LogP contribution in [0.2, 0.25) is 5.02 Å². The first-order valence-electron chi connectivity index (χ1n) is 8.21. The highest BCUT2D eigenvalue weighted by Crippen LogP contribution is 2.40. The van der Waals surface area contributed by atoms with Gasteiger partial charge in [-0.05, 0) is 24.8 Å². The summed E-state index contributed by atoms with van der Waals surface area (Å²) < 4.78 is 11.0. The van der Waals surface area contributed by atoms with Gasteiger partial charge in [0.1, 0.15) is 13.2 Å². The van der Waals surface area contributed by atoms with Crippen molar-refractivity contribution >= 4 is 23.2 Å². The van der Waals surface area contributed by atoms with Gasteiger partial charge in [0.15, 0.2) is 11.5 Å². The first-order valence-corrected chi connectivity index (χ1v) is 8.59. The minimum Gasteiger partial charge on any atom is -0.486 e. The Labute approximate surface area is 141 Å². The van der Waals surface area contributed by atoms with Crippen molar-refractivity contribution in [3.63, 3.8) is 0 Å². The summed E-state index contributed by atoms with van der Waals surface area (Å²) in [6.07, 6.45) is 6.01. The van der Waals surface area contributed by atoms with Crippen molar-refractivity contribution < 1.29 is 14.3 Å². The number of carbonyl (C=O) groups excluding carboxylic acids is 1. The lowest BCUT2D eigenvalue weighted by atomic mass is 9.71. The van der Waals surface area contributed by atoms with Gasteiger partial charge in [-0.2, -0.15) is 0 Å². The van der Waals surface area contributed by atoms with E-state index < -0.39 is 0 Å². The van der Waals surface area contributed by atoms with E-state index in [-0.39, 0.29) is 11.3 Å². The summed E-state index contributed by atoms with van der Waals surface area (Å²) >= 11 is 6.24. The van der Waals surface area contributed by atoms with Crippen LogP contribution in [0.4, 0.5) is 5.69 Å². The van der Waals surface area contributed by atoms with Crippen LogP contribution in [-0.4, -0.2) is 25.7 Å². The Bertz CT molecular complexity index is 585. The van der Waals surface area contributed by atoms with E-state index >= 15 is 0 Å². The molecule has 1 aromatic rings. The summed E-state index contributed by atoms with van der Waals surface area (Å²) in [6, 6.07) is 3.41. The van der Waals surface area contributed by atoms with Crippen molar-refractivity contribution in [2.24, 2.45) is 11.1 Å². The molecule has 1 fully saturated rings. The van der Waals surface area contributed by atoms with E-state index in [9.17, 15) is 4.79 Å². The van der Waals surface area contributed by atoms with Gasteiger partial charge in [0.05, 0.1) is 10.7 Å². The predicted molar refractivity (Wildman–Crippen MR) is 90.3 cm³/mol. The van der Waals surface area contributed by atoms with Crippen LogP contribution in [0.15, 0.2) is 12.1 Å². The predicted octanol–water partition coefficient (Wildman–Crippen LogP) is 3.35. The summed E-state index contributed by atoms with van der Waals surface area (Å²) in [4.78, 5) is 12.5. The molecule has 1 aliphatic carbocycles. The van der Waals surface area contributed by atoms with Crippen LogP contribution in [0.3, 0.4) is 0 Å². The van der Waals surface area contributed by atoms with E-state index in [2.05, 4.69) is 5.32 Å². The van der Waals surface area contributed by atoms with Gasteiger partial charge in [0.25, 0.3) is 0 Å². The number of hydrogen-bond acceptors (Lipinski definition) is 4. The van der Waals surface area contributed by atoms with Crippen molar-refractivity contribution in [1.82, 2.24) is 0 Å². The largest absolute Gasteiger partial charge is 0.486 e. The van der Waals surface area contributed by atoms with Gasteiger partial charge < -0.3 is 20.5 Å². The number of fused-ring (bicyclic) bond motifs is 1. The van der Waals surface area contributed by atoms with Gasteiger partial charge >= 0.3 is 0 Å². The van der Waals surface area contributed by atoms with Crippen LogP contribution in [0.1, 0.15) is 38.5 Å². The number of amides is 1. The molecule has 5 nitrogen and oxygen atoms in total. The van der Waals surface area contributed by atoms with E-state index in [4.69, 9.17) is 26.8 Å². The van der Waals surface area contributed by atoms with E-state index in [1.807, 2.05) is 0 Å². The average molecular weight is 339 g/mol. The summed E-state index contributed by atoms with van der Waals surface area (Å²) in [5, 5.41) is 3.36.